The first-order valence-corrected chi connectivity index (χ1v) is 3.71. The lowest BCUT2D eigenvalue weighted by molar-refractivity contribution is 1.19. The number of nitriles is 1. The summed E-state index contributed by atoms with van der Waals surface area (Å²) in [5, 5.41) is 15.5. The van der Waals surface area contributed by atoms with Gasteiger partial charge in [0.25, 0.3) is 0 Å². The van der Waals surface area contributed by atoms with Crippen molar-refractivity contribution in [2.45, 2.75) is 0 Å². The largest absolute Gasteiger partial charge is 0.369 e. The normalized spacial score (nSPS) is 9.64. The van der Waals surface area contributed by atoms with E-state index in [0.29, 0.717) is 11.4 Å². The first kappa shape index (κ1) is 9.67. The fourth-order valence-corrected chi connectivity index (χ4v) is 0.740. The monoisotopic (exact) mass is 188 g/mol. The summed E-state index contributed by atoms with van der Waals surface area (Å²) >= 11 is 0. The van der Waals surface area contributed by atoms with Gasteiger partial charge in [0.1, 0.15) is 11.8 Å². The third-order valence-corrected chi connectivity index (χ3v) is 1.25. The van der Waals surface area contributed by atoms with Crippen LogP contribution in [0.25, 0.3) is 0 Å². The Balaban J connectivity index is 2.83. The number of hydrogen-bond donors (Lipinski definition) is 2. The van der Waals surface area contributed by atoms with Gasteiger partial charge in [0.05, 0.1) is 11.9 Å². The Morgan fingerprint density at radius 1 is 1.50 bits per heavy atom. The number of rotatable bonds is 2. The molecule has 0 aromatic carbocycles. The SMILES string of the molecule is N#Cc1cccc(/C=N/N=C(N)N)n1. The van der Waals surface area contributed by atoms with Crippen LogP contribution in [-0.4, -0.2) is 17.2 Å². The minimum Gasteiger partial charge on any atom is -0.369 e. The summed E-state index contributed by atoms with van der Waals surface area (Å²) in [4.78, 5) is 3.93. The van der Waals surface area contributed by atoms with Gasteiger partial charge in [-0.1, -0.05) is 6.07 Å². The van der Waals surface area contributed by atoms with Crippen molar-refractivity contribution in [3.8, 4) is 6.07 Å². The second kappa shape index (κ2) is 4.57. The van der Waals surface area contributed by atoms with Crippen LogP contribution in [0, 0.1) is 11.3 Å². The average Bonchev–Trinajstić information content (AvgIpc) is 2.18. The third kappa shape index (κ3) is 2.91. The topological polar surface area (TPSA) is 113 Å². The first-order chi connectivity index (χ1) is 6.72. The predicted molar refractivity (Wildman–Crippen MR) is 52.4 cm³/mol. The minimum absolute atomic E-state index is 0.127. The summed E-state index contributed by atoms with van der Waals surface area (Å²) in [5.74, 6) is -0.127. The summed E-state index contributed by atoms with van der Waals surface area (Å²) in [7, 11) is 0. The van der Waals surface area contributed by atoms with E-state index < -0.39 is 0 Å². The zero-order valence-corrected chi connectivity index (χ0v) is 7.25. The Morgan fingerprint density at radius 2 is 2.29 bits per heavy atom. The Kier molecular flexibility index (Phi) is 3.15. The molecule has 0 spiro atoms. The van der Waals surface area contributed by atoms with Crippen LogP contribution in [0.5, 0.6) is 0 Å². The van der Waals surface area contributed by atoms with Crippen LogP contribution >= 0.6 is 0 Å². The smallest absolute Gasteiger partial charge is 0.211 e. The summed E-state index contributed by atoms with van der Waals surface area (Å²) in [6.45, 7) is 0. The predicted octanol–water partition coefficient (Wildman–Crippen LogP) is -0.439. The van der Waals surface area contributed by atoms with E-state index in [1.165, 1.54) is 6.21 Å². The van der Waals surface area contributed by atoms with Crippen LogP contribution in [0.15, 0.2) is 28.4 Å². The average molecular weight is 188 g/mol. The van der Waals surface area contributed by atoms with Gasteiger partial charge in [0.2, 0.25) is 5.96 Å². The molecule has 0 aliphatic carbocycles. The maximum absolute atomic E-state index is 8.55. The van der Waals surface area contributed by atoms with Gasteiger partial charge in [0.15, 0.2) is 0 Å². The van der Waals surface area contributed by atoms with Crippen molar-refractivity contribution in [1.82, 2.24) is 4.98 Å². The van der Waals surface area contributed by atoms with Crippen molar-refractivity contribution < 1.29 is 0 Å². The van der Waals surface area contributed by atoms with Crippen LogP contribution in [0.3, 0.4) is 0 Å². The van der Waals surface area contributed by atoms with Gasteiger partial charge < -0.3 is 11.5 Å². The van der Waals surface area contributed by atoms with Gasteiger partial charge in [-0.2, -0.15) is 10.4 Å². The number of pyridine rings is 1. The Labute approximate surface area is 80.6 Å². The van der Waals surface area contributed by atoms with Crippen LogP contribution in [0.1, 0.15) is 11.4 Å². The van der Waals surface area contributed by atoms with E-state index in [9.17, 15) is 0 Å². The highest BCUT2D eigenvalue weighted by molar-refractivity contribution is 5.79. The van der Waals surface area contributed by atoms with Crippen molar-refractivity contribution >= 4 is 12.2 Å². The van der Waals surface area contributed by atoms with Crippen LogP contribution < -0.4 is 11.5 Å². The maximum atomic E-state index is 8.55. The number of aromatic nitrogens is 1. The summed E-state index contributed by atoms with van der Waals surface area (Å²) < 4.78 is 0. The Hall–Kier alpha value is -2.42. The van der Waals surface area contributed by atoms with Gasteiger partial charge in [0, 0.05) is 0 Å². The molecular weight excluding hydrogens is 180 g/mol. The maximum Gasteiger partial charge on any atom is 0.211 e. The second-order valence-electron chi connectivity index (χ2n) is 2.33. The minimum atomic E-state index is -0.127. The van der Waals surface area contributed by atoms with Crippen molar-refractivity contribution in [3.63, 3.8) is 0 Å². The van der Waals surface area contributed by atoms with Crippen LogP contribution in [0.4, 0.5) is 0 Å². The van der Waals surface area contributed by atoms with E-state index in [1.54, 1.807) is 18.2 Å². The standard InChI is InChI=1S/C8H8N6/c9-4-6-2-1-3-7(13-6)5-12-14-8(10)11/h1-3,5H,(H4,10,11,14)/b12-5+. The zero-order chi connectivity index (χ0) is 10.4. The van der Waals surface area contributed by atoms with Crippen LogP contribution in [0.2, 0.25) is 0 Å². The highest BCUT2D eigenvalue weighted by Crippen LogP contribution is 1.95. The van der Waals surface area contributed by atoms with Gasteiger partial charge in [-0.25, -0.2) is 4.98 Å². The third-order valence-electron chi connectivity index (χ3n) is 1.25. The summed E-state index contributed by atoms with van der Waals surface area (Å²) in [6, 6.07) is 6.89. The lowest BCUT2D eigenvalue weighted by Crippen LogP contribution is -2.21. The lowest BCUT2D eigenvalue weighted by atomic mass is 10.3. The van der Waals surface area contributed by atoms with Gasteiger partial charge in [-0.05, 0) is 12.1 Å². The van der Waals surface area contributed by atoms with E-state index in [1.807, 2.05) is 6.07 Å². The highest BCUT2D eigenvalue weighted by atomic mass is 15.3. The van der Waals surface area contributed by atoms with Crippen molar-refractivity contribution in [1.29, 1.82) is 5.26 Å². The lowest BCUT2D eigenvalue weighted by Gasteiger charge is -1.90. The number of guanidine groups is 1. The summed E-state index contributed by atoms with van der Waals surface area (Å²) in [5.41, 5.74) is 10.9. The van der Waals surface area contributed by atoms with E-state index in [-0.39, 0.29) is 5.96 Å². The Morgan fingerprint density at radius 3 is 2.93 bits per heavy atom. The molecule has 0 saturated carbocycles. The van der Waals surface area contributed by atoms with Crippen molar-refractivity contribution in [2.75, 3.05) is 0 Å². The molecule has 70 valence electrons. The van der Waals surface area contributed by atoms with Gasteiger partial charge >= 0.3 is 0 Å². The molecule has 1 aromatic rings. The molecule has 0 saturated heterocycles. The van der Waals surface area contributed by atoms with Gasteiger partial charge in [-0.3, -0.25) is 0 Å². The molecule has 14 heavy (non-hydrogen) atoms. The molecule has 1 rings (SSSR count). The van der Waals surface area contributed by atoms with E-state index in [4.69, 9.17) is 16.7 Å². The molecule has 6 nitrogen and oxygen atoms in total. The fraction of sp³-hybridized carbons (Fsp3) is 0. The fourth-order valence-electron chi connectivity index (χ4n) is 0.740. The molecule has 0 aliphatic heterocycles. The summed E-state index contributed by atoms with van der Waals surface area (Å²) in [6.07, 6.45) is 1.36. The van der Waals surface area contributed by atoms with E-state index in [0.717, 1.165) is 0 Å². The number of nitrogens with zero attached hydrogens (tertiary/aromatic N) is 4. The van der Waals surface area contributed by atoms with Crippen molar-refractivity contribution in [2.24, 2.45) is 21.7 Å². The molecule has 6 heteroatoms. The number of hydrogen-bond acceptors (Lipinski definition) is 4. The molecule has 0 atom stereocenters. The molecule has 0 amide bonds. The molecule has 1 aromatic heterocycles. The quantitative estimate of drug-likeness (QED) is 0.372. The molecule has 4 N–H and O–H groups in total. The van der Waals surface area contributed by atoms with Gasteiger partial charge in [-0.15, -0.1) is 5.10 Å². The second-order valence-corrected chi connectivity index (χ2v) is 2.33. The van der Waals surface area contributed by atoms with E-state index in [2.05, 4.69) is 15.2 Å². The number of nitrogens with two attached hydrogens (primary N) is 2. The first-order valence-electron chi connectivity index (χ1n) is 3.71. The molecule has 0 radical (unpaired) electrons. The van der Waals surface area contributed by atoms with Crippen molar-refractivity contribution in [3.05, 3.63) is 29.6 Å². The molecule has 0 bridgehead atoms. The molecule has 0 fully saturated rings. The molecule has 1 heterocycles. The highest BCUT2D eigenvalue weighted by Gasteiger charge is 1.92. The molecule has 0 aliphatic rings. The Bertz CT molecular complexity index is 410. The zero-order valence-electron chi connectivity index (χ0n) is 7.25. The van der Waals surface area contributed by atoms with E-state index >= 15 is 0 Å². The molecule has 0 unspecified atom stereocenters. The van der Waals surface area contributed by atoms with Crippen LogP contribution in [-0.2, 0) is 0 Å². The molecular formula is C8H8N6.